The predicted octanol–water partition coefficient (Wildman–Crippen LogP) is 1.35. The summed E-state index contributed by atoms with van der Waals surface area (Å²) < 4.78 is 0. The van der Waals surface area contributed by atoms with Crippen LogP contribution in [0.1, 0.15) is 32.3 Å². The van der Waals surface area contributed by atoms with Crippen molar-refractivity contribution < 1.29 is 14.7 Å². The van der Waals surface area contributed by atoms with Gasteiger partial charge in [-0.25, -0.2) is 0 Å². The molecule has 0 spiro atoms. The predicted molar refractivity (Wildman–Crippen MR) is 79.7 cm³/mol. The molecule has 3 N–H and O–H groups in total. The van der Waals surface area contributed by atoms with Crippen molar-refractivity contribution in [2.45, 2.75) is 45.2 Å². The zero-order chi connectivity index (χ0) is 15.4. The van der Waals surface area contributed by atoms with E-state index in [4.69, 9.17) is 0 Å². The summed E-state index contributed by atoms with van der Waals surface area (Å²) in [4.78, 5) is 24.2. The number of phenols is 1. The summed E-state index contributed by atoms with van der Waals surface area (Å²) in [5.41, 5.74) is 0.651. The van der Waals surface area contributed by atoms with Crippen LogP contribution >= 0.6 is 0 Å². The van der Waals surface area contributed by atoms with E-state index in [0.717, 1.165) is 6.42 Å². The lowest BCUT2D eigenvalue weighted by atomic mass is 9.95. The Kier molecular flexibility index (Phi) is 4.83. The number of hydrogen-bond acceptors (Lipinski definition) is 3. The number of amides is 2. The molecular formula is C16H22N2O3. The molecule has 1 heterocycles. The molecule has 1 aliphatic rings. The first kappa shape index (κ1) is 15.4. The Labute approximate surface area is 124 Å². The summed E-state index contributed by atoms with van der Waals surface area (Å²) in [6.45, 7) is 4.13. The summed E-state index contributed by atoms with van der Waals surface area (Å²) in [7, 11) is 0. The summed E-state index contributed by atoms with van der Waals surface area (Å²) in [5.74, 6) is 0.193. The van der Waals surface area contributed by atoms with Crippen molar-refractivity contribution >= 4 is 11.8 Å². The van der Waals surface area contributed by atoms with Crippen LogP contribution in [0.25, 0.3) is 0 Å². The molecule has 0 radical (unpaired) electrons. The lowest BCUT2D eigenvalue weighted by Gasteiger charge is -2.31. The second-order valence-corrected chi connectivity index (χ2v) is 5.70. The largest absolute Gasteiger partial charge is 0.508 e. The van der Waals surface area contributed by atoms with Crippen molar-refractivity contribution in [3.05, 3.63) is 29.8 Å². The van der Waals surface area contributed by atoms with Crippen LogP contribution in [0.3, 0.4) is 0 Å². The number of carbonyl (C=O) groups is 2. The van der Waals surface area contributed by atoms with Crippen molar-refractivity contribution in [3.63, 3.8) is 0 Å². The third kappa shape index (κ3) is 3.74. The van der Waals surface area contributed by atoms with E-state index in [2.05, 4.69) is 24.5 Å². The smallest absolute Gasteiger partial charge is 0.243 e. The molecule has 5 heteroatoms. The molecule has 1 aromatic rings. The summed E-state index contributed by atoms with van der Waals surface area (Å²) in [6.07, 6.45) is 1.92. The van der Waals surface area contributed by atoms with Crippen LogP contribution in [-0.2, 0) is 16.0 Å². The van der Waals surface area contributed by atoms with Crippen molar-refractivity contribution in [2.24, 2.45) is 5.92 Å². The van der Waals surface area contributed by atoms with Crippen LogP contribution in [0.15, 0.2) is 24.3 Å². The highest BCUT2D eigenvalue weighted by Crippen LogP contribution is 2.19. The van der Waals surface area contributed by atoms with E-state index in [-0.39, 0.29) is 17.6 Å². The molecule has 3 atom stereocenters. The Bertz CT molecular complexity index is 530. The Hall–Kier alpha value is -2.04. The lowest BCUT2D eigenvalue weighted by molar-refractivity contribution is -0.137. The molecule has 1 saturated heterocycles. The highest BCUT2D eigenvalue weighted by atomic mass is 16.3. The van der Waals surface area contributed by atoms with Gasteiger partial charge in [-0.15, -0.1) is 0 Å². The van der Waals surface area contributed by atoms with Gasteiger partial charge in [0.2, 0.25) is 11.8 Å². The Morgan fingerprint density at radius 1 is 1.14 bits per heavy atom. The molecule has 5 nitrogen and oxygen atoms in total. The quantitative estimate of drug-likeness (QED) is 0.766. The van der Waals surface area contributed by atoms with Gasteiger partial charge in [0.05, 0.1) is 0 Å². The normalized spacial score (nSPS) is 23.3. The first-order valence-electron chi connectivity index (χ1n) is 7.38. The number of piperazine rings is 1. The topological polar surface area (TPSA) is 78.4 Å². The minimum Gasteiger partial charge on any atom is -0.508 e. The second kappa shape index (κ2) is 6.61. The minimum atomic E-state index is -0.626. The van der Waals surface area contributed by atoms with Gasteiger partial charge in [0.15, 0.2) is 0 Å². The van der Waals surface area contributed by atoms with Gasteiger partial charge in [0, 0.05) is 6.42 Å². The van der Waals surface area contributed by atoms with Crippen LogP contribution in [0.2, 0.25) is 0 Å². The first-order valence-corrected chi connectivity index (χ1v) is 7.38. The minimum absolute atomic E-state index is 0.140. The van der Waals surface area contributed by atoms with Gasteiger partial charge in [0.1, 0.15) is 17.8 Å². The van der Waals surface area contributed by atoms with Crippen LogP contribution in [0.4, 0.5) is 0 Å². The summed E-state index contributed by atoms with van der Waals surface area (Å²) in [5, 5.41) is 15.3. The number of rotatable bonds is 5. The van der Waals surface area contributed by atoms with Crippen LogP contribution < -0.4 is 10.6 Å². The maximum atomic E-state index is 12.1. The molecule has 114 valence electrons. The van der Waals surface area contributed by atoms with Gasteiger partial charge in [0.25, 0.3) is 0 Å². The van der Waals surface area contributed by atoms with E-state index < -0.39 is 12.1 Å². The number of aromatic hydroxyl groups is 1. The van der Waals surface area contributed by atoms with E-state index in [9.17, 15) is 14.7 Å². The van der Waals surface area contributed by atoms with Gasteiger partial charge >= 0.3 is 0 Å². The molecule has 1 aromatic carbocycles. The molecule has 0 saturated carbocycles. The van der Waals surface area contributed by atoms with E-state index >= 15 is 0 Å². The lowest BCUT2D eigenvalue weighted by Crippen LogP contribution is -2.62. The van der Waals surface area contributed by atoms with Crippen molar-refractivity contribution in [1.82, 2.24) is 10.6 Å². The van der Waals surface area contributed by atoms with Gasteiger partial charge < -0.3 is 15.7 Å². The first-order chi connectivity index (χ1) is 10.0. The second-order valence-electron chi connectivity index (χ2n) is 5.70. The highest BCUT2D eigenvalue weighted by molar-refractivity contribution is 5.97. The standard InChI is InChI=1S/C16H22N2O3/c1-3-10(2)8-12-15(20)18-13(16(21)17-12)9-11-6-4-5-7-14(11)19/h4-7,10,12-13,19H,3,8-9H2,1-2H3,(H,17,21)(H,18,20). The molecular weight excluding hydrogens is 268 g/mol. The van der Waals surface area contributed by atoms with E-state index in [1.807, 2.05) is 0 Å². The van der Waals surface area contributed by atoms with Gasteiger partial charge in [-0.2, -0.15) is 0 Å². The van der Waals surface area contributed by atoms with Crippen molar-refractivity contribution in [3.8, 4) is 5.75 Å². The van der Waals surface area contributed by atoms with E-state index in [0.29, 0.717) is 24.3 Å². The van der Waals surface area contributed by atoms with Gasteiger partial charge in [-0.05, 0) is 24.0 Å². The van der Waals surface area contributed by atoms with Gasteiger partial charge in [-0.3, -0.25) is 9.59 Å². The van der Waals surface area contributed by atoms with Crippen LogP contribution in [0.5, 0.6) is 5.75 Å². The number of carbonyl (C=O) groups excluding carboxylic acids is 2. The fourth-order valence-corrected chi connectivity index (χ4v) is 2.46. The number of nitrogens with one attached hydrogen (secondary N) is 2. The van der Waals surface area contributed by atoms with Crippen molar-refractivity contribution in [1.29, 1.82) is 0 Å². The molecule has 0 bridgehead atoms. The number of hydrogen-bond donors (Lipinski definition) is 3. The maximum absolute atomic E-state index is 12.1. The molecule has 1 aliphatic heterocycles. The number of para-hydroxylation sites is 1. The Morgan fingerprint density at radius 3 is 2.43 bits per heavy atom. The molecule has 21 heavy (non-hydrogen) atoms. The molecule has 2 amide bonds. The van der Waals surface area contributed by atoms with E-state index in [1.54, 1.807) is 24.3 Å². The van der Waals surface area contributed by atoms with Crippen LogP contribution in [0, 0.1) is 5.92 Å². The molecule has 0 aromatic heterocycles. The molecule has 3 unspecified atom stereocenters. The summed E-state index contributed by atoms with van der Waals surface area (Å²) in [6, 6.07) is 5.76. The number of benzene rings is 1. The van der Waals surface area contributed by atoms with Crippen molar-refractivity contribution in [2.75, 3.05) is 0 Å². The van der Waals surface area contributed by atoms with Crippen LogP contribution in [-0.4, -0.2) is 29.0 Å². The third-order valence-corrected chi connectivity index (χ3v) is 4.02. The highest BCUT2D eigenvalue weighted by Gasteiger charge is 2.34. The van der Waals surface area contributed by atoms with E-state index in [1.165, 1.54) is 0 Å². The SMILES string of the molecule is CCC(C)CC1NC(=O)C(Cc2ccccc2O)NC1=O. The summed E-state index contributed by atoms with van der Waals surface area (Å²) >= 11 is 0. The maximum Gasteiger partial charge on any atom is 0.243 e. The molecule has 0 aliphatic carbocycles. The Balaban J connectivity index is 2.01. The molecule has 1 fully saturated rings. The zero-order valence-corrected chi connectivity index (χ0v) is 12.4. The molecule has 2 rings (SSSR count). The third-order valence-electron chi connectivity index (χ3n) is 4.02. The monoisotopic (exact) mass is 290 g/mol. The average Bonchev–Trinajstić information content (AvgIpc) is 2.46. The average molecular weight is 290 g/mol. The number of phenolic OH excluding ortho intramolecular Hbond substituents is 1. The Morgan fingerprint density at radius 2 is 1.76 bits per heavy atom. The zero-order valence-electron chi connectivity index (χ0n) is 12.4. The fourth-order valence-electron chi connectivity index (χ4n) is 2.46. The fraction of sp³-hybridized carbons (Fsp3) is 0.500. The van der Waals surface area contributed by atoms with Gasteiger partial charge in [-0.1, -0.05) is 38.5 Å².